The SMILES string of the molecule is CCC(CNSC1CN(C)C[N-]1)NC1=CC(c2ccc(C#N)c(F)c2)CC2CN=C12. The first-order chi connectivity index (χ1) is 14.6. The topological polar surface area (TPSA) is 77.5 Å². The Morgan fingerprint density at radius 3 is 2.97 bits per heavy atom. The van der Waals surface area contributed by atoms with Crippen LogP contribution in [0.3, 0.4) is 0 Å². The van der Waals surface area contributed by atoms with E-state index in [9.17, 15) is 4.39 Å². The summed E-state index contributed by atoms with van der Waals surface area (Å²) in [6.45, 7) is 5.64. The lowest BCUT2D eigenvalue weighted by atomic mass is 9.77. The van der Waals surface area contributed by atoms with E-state index in [0.717, 1.165) is 56.1 Å². The second-order valence-electron chi connectivity index (χ2n) is 8.23. The Morgan fingerprint density at radius 1 is 1.47 bits per heavy atom. The van der Waals surface area contributed by atoms with E-state index in [4.69, 9.17) is 5.26 Å². The monoisotopic (exact) mass is 427 g/mol. The number of nitrogens with one attached hydrogen (secondary N) is 2. The van der Waals surface area contributed by atoms with E-state index in [1.807, 2.05) is 12.1 Å². The van der Waals surface area contributed by atoms with Crippen LogP contribution in [0.2, 0.25) is 0 Å². The Labute approximate surface area is 182 Å². The fraction of sp³-hybridized carbons (Fsp3) is 0.545. The zero-order valence-corrected chi connectivity index (χ0v) is 18.3. The molecule has 1 saturated heterocycles. The molecule has 8 heteroatoms. The first kappa shape index (κ1) is 21.3. The molecule has 2 N–H and O–H groups in total. The van der Waals surface area contributed by atoms with Gasteiger partial charge in [0.2, 0.25) is 0 Å². The van der Waals surface area contributed by atoms with Gasteiger partial charge in [-0.2, -0.15) is 5.26 Å². The summed E-state index contributed by atoms with van der Waals surface area (Å²) in [7, 11) is 2.09. The molecule has 4 rings (SSSR count). The van der Waals surface area contributed by atoms with Crippen LogP contribution >= 0.6 is 11.9 Å². The van der Waals surface area contributed by atoms with E-state index in [1.54, 1.807) is 18.0 Å². The fourth-order valence-corrected chi connectivity index (χ4v) is 5.08. The zero-order chi connectivity index (χ0) is 21.1. The number of nitrogens with zero attached hydrogens (tertiary/aromatic N) is 4. The zero-order valence-electron chi connectivity index (χ0n) is 17.4. The summed E-state index contributed by atoms with van der Waals surface area (Å²) in [6.07, 6.45) is 4.12. The molecule has 0 bridgehead atoms. The number of rotatable bonds is 8. The minimum absolute atomic E-state index is 0.0950. The lowest BCUT2D eigenvalue weighted by Gasteiger charge is -2.37. The maximum Gasteiger partial charge on any atom is 0.141 e. The number of hydrogen-bond donors (Lipinski definition) is 2. The molecule has 1 aromatic rings. The standard InChI is InChI=1S/C22H28FN6S/c1-3-18(11-27-30-21-12-29(2)13-26-21)28-20-8-16(6-17-10-25-22(17)20)14-4-5-15(9-24)19(23)7-14/h4-5,7-8,16-18,21,27-28H,3,6,10-13H2,1-2H3/q-1. The van der Waals surface area contributed by atoms with E-state index in [1.165, 1.54) is 6.07 Å². The molecule has 160 valence electrons. The highest BCUT2D eigenvalue weighted by Gasteiger charge is 2.34. The number of halogens is 1. The molecule has 1 aliphatic carbocycles. The van der Waals surface area contributed by atoms with Crippen molar-refractivity contribution in [2.45, 2.75) is 37.1 Å². The normalized spacial score (nSPS) is 26.8. The molecular formula is C22H28FN6S-. The van der Waals surface area contributed by atoms with Crippen LogP contribution in [0.1, 0.15) is 36.8 Å². The van der Waals surface area contributed by atoms with Crippen molar-refractivity contribution >= 4 is 17.7 Å². The van der Waals surface area contributed by atoms with Gasteiger partial charge in [-0.3, -0.25) is 9.71 Å². The molecular weight excluding hydrogens is 399 g/mol. The van der Waals surface area contributed by atoms with Gasteiger partial charge in [0.25, 0.3) is 0 Å². The van der Waals surface area contributed by atoms with Crippen molar-refractivity contribution < 1.29 is 4.39 Å². The molecule has 4 atom stereocenters. The molecule has 1 fully saturated rings. The summed E-state index contributed by atoms with van der Waals surface area (Å²) in [5, 5.41) is 17.5. The van der Waals surface area contributed by atoms with Crippen LogP contribution in [0.25, 0.3) is 5.32 Å². The second-order valence-corrected chi connectivity index (χ2v) is 9.30. The summed E-state index contributed by atoms with van der Waals surface area (Å²) < 4.78 is 17.6. The molecule has 3 aliphatic rings. The molecule has 1 aromatic carbocycles. The molecule has 2 aliphatic heterocycles. The summed E-state index contributed by atoms with van der Waals surface area (Å²) >= 11 is 1.70. The molecule has 4 unspecified atom stereocenters. The van der Waals surface area contributed by atoms with Gasteiger partial charge in [-0.15, -0.1) is 11.9 Å². The molecule has 0 radical (unpaired) electrons. The lowest BCUT2D eigenvalue weighted by molar-refractivity contribution is 0.426. The van der Waals surface area contributed by atoms with Gasteiger partial charge >= 0.3 is 0 Å². The Morgan fingerprint density at radius 2 is 2.33 bits per heavy atom. The fourth-order valence-electron chi connectivity index (χ4n) is 4.12. The van der Waals surface area contributed by atoms with Crippen molar-refractivity contribution in [3.05, 3.63) is 52.2 Å². The van der Waals surface area contributed by atoms with Gasteiger partial charge in [-0.25, -0.2) is 4.39 Å². The highest BCUT2D eigenvalue weighted by molar-refractivity contribution is 7.98. The van der Waals surface area contributed by atoms with E-state index in [2.05, 4.69) is 45.3 Å². The van der Waals surface area contributed by atoms with Gasteiger partial charge in [0, 0.05) is 31.0 Å². The average molecular weight is 428 g/mol. The van der Waals surface area contributed by atoms with E-state index in [-0.39, 0.29) is 22.9 Å². The van der Waals surface area contributed by atoms with Crippen LogP contribution < -0.4 is 10.0 Å². The van der Waals surface area contributed by atoms with E-state index < -0.39 is 5.82 Å². The number of aliphatic imine (C=N–C) groups is 1. The third kappa shape index (κ3) is 4.70. The van der Waals surface area contributed by atoms with Gasteiger partial charge in [-0.1, -0.05) is 31.1 Å². The summed E-state index contributed by atoms with van der Waals surface area (Å²) in [6, 6.07) is 7.14. The predicted molar refractivity (Wildman–Crippen MR) is 120 cm³/mol. The largest absolute Gasteiger partial charge is 0.636 e. The molecule has 0 spiro atoms. The number of likely N-dealkylation sites (N-methyl/N-ethyl adjacent to an activating group) is 1. The van der Waals surface area contributed by atoms with Crippen molar-refractivity contribution in [1.82, 2.24) is 14.9 Å². The highest BCUT2D eigenvalue weighted by Crippen LogP contribution is 2.37. The first-order valence-corrected chi connectivity index (χ1v) is 11.4. The maximum absolute atomic E-state index is 14.1. The van der Waals surface area contributed by atoms with Crippen molar-refractivity contribution in [2.75, 3.05) is 33.4 Å². The van der Waals surface area contributed by atoms with Crippen molar-refractivity contribution in [3.63, 3.8) is 0 Å². The van der Waals surface area contributed by atoms with Crippen LogP contribution in [-0.4, -0.2) is 55.4 Å². The minimum Gasteiger partial charge on any atom is -0.636 e. The lowest BCUT2D eigenvalue weighted by Crippen LogP contribution is -2.44. The van der Waals surface area contributed by atoms with E-state index >= 15 is 0 Å². The maximum atomic E-state index is 14.1. The van der Waals surface area contributed by atoms with Gasteiger partial charge in [0.1, 0.15) is 11.9 Å². The molecule has 0 aromatic heterocycles. The van der Waals surface area contributed by atoms with Crippen LogP contribution in [0, 0.1) is 23.1 Å². The Balaban J connectivity index is 1.40. The van der Waals surface area contributed by atoms with Gasteiger partial charge in [0.15, 0.2) is 0 Å². The third-order valence-corrected chi connectivity index (χ3v) is 6.89. The second kappa shape index (κ2) is 9.48. The smallest absolute Gasteiger partial charge is 0.141 e. The number of benzene rings is 1. The molecule has 0 saturated carbocycles. The Kier molecular flexibility index (Phi) is 6.74. The molecule has 6 nitrogen and oxygen atoms in total. The van der Waals surface area contributed by atoms with Crippen LogP contribution in [-0.2, 0) is 0 Å². The Bertz CT molecular complexity index is 879. The van der Waals surface area contributed by atoms with Crippen molar-refractivity contribution in [3.8, 4) is 6.07 Å². The van der Waals surface area contributed by atoms with Gasteiger partial charge < -0.3 is 15.5 Å². The van der Waals surface area contributed by atoms with Gasteiger partial charge in [-0.05, 0) is 44.1 Å². The molecule has 0 amide bonds. The average Bonchev–Trinajstić information content (AvgIpc) is 3.13. The van der Waals surface area contributed by atoms with Crippen LogP contribution in [0.4, 0.5) is 4.39 Å². The molecule has 2 heterocycles. The summed E-state index contributed by atoms with van der Waals surface area (Å²) in [5.41, 5.74) is 3.25. The van der Waals surface area contributed by atoms with Gasteiger partial charge in [0.05, 0.1) is 17.0 Å². The van der Waals surface area contributed by atoms with Crippen molar-refractivity contribution in [1.29, 1.82) is 5.26 Å². The van der Waals surface area contributed by atoms with Crippen LogP contribution in [0.5, 0.6) is 0 Å². The minimum atomic E-state index is -0.443. The quantitative estimate of drug-likeness (QED) is 0.622. The third-order valence-electron chi connectivity index (χ3n) is 5.99. The summed E-state index contributed by atoms with van der Waals surface area (Å²) in [4.78, 5) is 6.82. The number of fused-ring (bicyclic) bond motifs is 1. The summed E-state index contributed by atoms with van der Waals surface area (Å²) in [5.74, 6) is 0.113. The van der Waals surface area contributed by atoms with Crippen molar-refractivity contribution in [2.24, 2.45) is 10.9 Å². The molecule has 30 heavy (non-hydrogen) atoms. The number of hydrogen-bond acceptors (Lipinski definition) is 6. The number of nitriles is 1. The number of allylic oxidation sites excluding steroid dienone is 2. The first-order valence-electron chi connectivity index (χ1n) is 10.5. The highest BCUT2D eigenvalue weighted by atomic mass is 32.2. The predicted octanol–water partition coefficient (Wildman–Crippen LogP) is 3.35. The van der Waals surface area contributed by atoms with E-state index in [0.29, 0.717) is 5.92 Å². The van der Waals surface area contributed by atoms with Crippen LogP contribution in [0.15, 0.2) is 35.0 Å². The Hall–Kier alpha value is -1.92.